The Bertz CT molecular complexity index is 701. The summed E-state index contributed by atoms with van der Waals surface area (Å²) in [6.07, 6.45) is 4.01. The van der Waals surface area contributed by atoms with Gasteiger partial charge >= 0.3 is 0 Å². The van der Waals surface area contributed by atoms with Crippen LogP contribution in [0.15, 0.2) is 60.7 Å². The maximum atomic E-state index is 11.9. The minimum Gasteiger partial charge on any atom is -0.325 e. The molecule has 5 heteroatoms. The molecule has 0 aliphatic rings. The Morgan fingerprint density at radius 3 is 2.52 bits per heavy atom. The fraction of sp³-hybridized carbons (Fsp3) is 0.167. The molecule has 0 bridgehead atoms. The summed E-state index contributed by atoms with van der Waals surface area (Å²) in [5, 5.41) is 3.22. The fourth-order valence-corrected chi connectivity index (χ4v) is 2.99. The average Bonchev–Trinajstić information content (AvgIpc) is 2.56. The molecule has 1 amide bonds. The zero-order valence-electron chi connectivity index (χ0n) is 12.6. The van der Waals surface area contributed by atoms with E-state index in [2.05, 4.69) is 5.32 Å². The van der Waals surface area contributed by atoms with Gasteiger partial charge in [-0.1, -0.05) is 66.2 Å². The van der Waals surface area contributed by atoms with Crippen LogP contribution in [0.2, 0.25) is 5.02 Å². The van der Waals surface area contributed by atoms with Crippen LogP contribution in [-0.4, -0.2) is 21.6 Å². The third kappa shape index (κ3) is 6.38. The van der Waals surface area contributed by atoms with Crippen LogP contribution in [0.1, 0.15) is 12.0 Å². The summed E-state index contributed by atoms with van der Waals surface area (Å²) in [4.78, 5) is 11.8. The lowest BCUT2D eigenvalue weighted by molar-refractivity contribution is -0.115. The molecule has 1 atom stereocenters. The number of carbonyl (C=O) groups excluding carboxylic acids is 1. The topological polar surface area (TPSA) is 46.2 Å². The Kier molecular flexibility index (Phi) is 7.04. The SMILES string of the molecule is O=C(CC[S@@](=O)C/C=C\c1ccccc1)Nc1ccccc1Cl. The van der Waals surface area contributed by atoms with Crippen molar-refractivity contribution in [3.8, 4) is 0 Å². The van der Waals surface area contributed by atoms with Crippen molar-refractivity contribution in [2.24, 2.45) is 0 Å². The van der Waals surface area contributed by atoms with E-state index in [1.54, 1.807) is 24.3 Å². The molecule has 0 fully saturated rings. The predicted octanol–water partition coefficient (Wildman–Crippen LogP) is 4.13. The molecule has 0 unspecified atom stereocenters. The van der Waals surface area contributed by atoms with Crippen LogP contribution >= 0.6 is 11.6 Å². The summed E-state index contributed by atoms with van der Waals surface area (Å²) in [7, 11) is -1.06. The molecule has 0 aromatic heterocycles. The molecular formula is C18H18ClNO2S. The van der Waals surface area contributed by atoms with Gasteiger partial charge in [0.1, 0.15) is 0 Å². The highest BCUT2D eigenvalue weighted by molar-refractivity contribution is 7.85. The van der Waals surface area contributed by atoms with Crippen molar-refractivity contribution >= 4 is 40.1 Å². The Balaban J connectivity index is 1.73. The number of amides is 1. The first kappa shape index (κ1) is 17.4. The Morgan fingerprint density at radius 1 is 1.09 bits per heavy atom. The third-order valence-corrected chi connectivity index (χ3v) is 4.65. The van der Waals surface area contributed by atoms with Crippen molar-refractivity contribution in [1.82, 2.24) is 0 Å². The largest absolute Gasteiger partial charge is 0.325 e. The van der Waals surface area contributed by atoms with Gasteiger partial charge in [0.05, 0.1) is 10.7 Å². The number of anilines is 1. The number of hydrogen-bond donors (Lipinski definition) is 1. The zero-order chi connectivity index (χ0) is 16.5. The average molecular weight is 348 g/mol. The Hall–Kier alpha value is -1.91. The highest BCUT2D eigenvalue weighted by Crippen LogP contribution is 2.20. The van der Waals surface area contributed by atoms with Crippen LogP contribution in [0, 0.1) is 0 Å². The van der Waals surface area contributed by atoms with E-state index in [1.165, 1.54) is 0 Å². The van der Waals surface area contributed by atoms with Crippen LogP contribution in [0.4, 0.5) is 5.69 Å². The summed E-state index contributed by atoms with van der Waals surface area (Å²) in [5.74, 6) is 0.586. The van der Waals surface area contributed by atoms with Crippen LogP contribution in [-0.2, 0) is 15.6 Å². The molecule has 0 heterocycles. The highest BCUT2D eigenvalue weighted by atomic mass is 35.5. The van der Waals surface area contributed by atoms with Crippen molar-refractivity contribution in [3.63, 3.8) is 0 Å². The van der Waals surface area contributed by atoms with Crippen LogP contribution in [0.3, 0.4) is 0 Å². The van der Waals surface area contributed by atoms with E-state index >= 15 is 0 Å². The van der Waals surface area contributed by atoms with E-state index in [0.29, 0.717) is 22.2 Å². The van der Waals surface area contributed by atoms with Crippen molar-refractivity contribution in [3.05, 3.63) is 71.3 Å². The fourth-order valence-electron chi connectivity index (χ4n) is 1.92. The van der Waals surface area contributed by atoms with Crippen molar-refractivity contribution in [2.45, 2.75) is 6.42 Å². The predicted molar refractivity (Wildman–Crippen MR) is 98.1 cm³/mol. The Labute approximate surface area is 143 Å². The van der Waals surface area contributed by atoms with E-state index < -0.39 is 10.8 Å². The first-order valence-corrected chi connectivity index (χ1v) is 9.12. The van der Waals surface area contributed by atoms with Crippen molar-refractivity contribution < 1.29 is 9.00 Å². The summed E-state index contributed by atoms with van der Waals surface area (Å²) < 4.78 is 11.9. The molecule has 23 heavy (non-hydrogen) atoms. The van der Waals surface area contributed by atoms with Gasteiger partial charge in [-0.2, -0.15) is 0 Å². The molecule has 0 aliphatic carbocycles. The van der Waals surface area contributed by atoms with E-state index in [9.17, 15) is 9.00 Å². The van der Waals surface area contributed by atoms with E-state index in [-0.39, 0.29) is 12.3 Å². The van der Waals surface area contributed by atoms with E-state index in [1.807, 2.05) is 42.5 Å². The maximum absolute atomic E-state index is 11.9. The van der Waals surface area contributed by atoms with Gasteiger partial charge in [0, 0.05) is 28.7 Å². The number of hydrogen-bond acceptors (Lipinski definition) is 2. The number of para-hydroxylation sites is 1. The molecule has 0 aliphatic heterocycles. The standard InChI is InChI=1S/C18H18ClNO2S/c19-16-10-4-5-11-17(16)20-18(21)12-14-23(22)13-6-9-15-7-2-1-3-8-15/h1-11H,12-14H2,(H,20,21)/b9-6-/t23-/m0/s1. The van der Waals surface area contributed by atoms with Gasteiger partial charge < -0.3 is 5.32 Å². The summed E-state index contributed by atoms with van der Waals surface area (Å²) in [6.45, 7) is 0. The van der Waals surface area contributed by atoms with Gasteiger partial charge in [-0.3, -0.25) is 9.00 Å². The van der Waals surface area contributed by atoms with E-state index in [4.69, 9.17) is 11.6 Å². The van der Waals surface area contributed by atoms with Gasteiger partial charge in [0.15, 0.2) is 0 Å². The lowest BCUT2D eigenvalue weighted by Crippen LogP contribution is -2.15. The summed E-state index contributed by atoms with van der Waals surface area (Å²) in [6, 6.07) is 16.9. The molecule has 120 valence electrons. The van der Waals surface area contributed by atoms with E-state index in [0.717, 1.165) is 5.56 Å². The molecule has 0 saturated heterocycles. The Morgan fingerprint density at radius 2 is 1.78 bits per heavy atom. The zero-order valence-corrected chi connectivity index (χ0v) is 14.1. The monoisotopic (exact) mass is 347 g/mol. The number of carbonyl (C=O) groups is 1. The minimum absolute atomic E-state index is 0.182. The van der Waals surface area contributed by atoms with Crippen LogP contribution < -0.4 is 5.32 Å². The van der Waals surface area contributed by atoms with Gasteiger partial charge in [0.25, 0.3) is 0 Å². The highest BCUT2D eigenvalue weighted by Gasteiger charge is 2.07. The third-order valence-electron chi connectivity index (χ3n) is 3.10. The number of halogens is 1. The summed E-state index contributed by atoms with van der Waals surface area (Å²) >= 11 is 5.97. The lowest BCUT2D eigenvalue weighted by atomic mass is 10.2. The lowest BCUT2D eigenvalue weighted by Gasteiger charge is -2.06. The molecule has 1 N–H and O–H groups in total. The van der Waals surface area contributed by atoms with Gasteiger partial charge in [0.2, 0.25) is 5.91 Å². The molecular weight excluding hydrogens is 330 g/mol. The molecule has 2 rings (SSSR count). The van der Waals surface area contributed by atoms with Crippen molar-refractivity contribution in [1.29, 1.82) is 0 Å². The first-order valence-electron chi connectivity index (χ1n) is 7.26. The van der Waals surface area contributed by atoms with Crippen LogP contribution in [0.5, 0.6) is 0 Å². The quantitative estimate of drug-likeness (QED) is 0.818. The number of nitrogens with one attached hydrogen (secondary N) is 1. The van der Waals surface area contributed by atoms with Crippen molar-refractivity contribution in [2.75, 3.05) is 16.8 Å². The number of benzene rings is 2. The van der Waals surface area contributed by atoms with Crippen LogP contribution in [0.25, 0.3) is 6.08 Å². The molecule has 2 aromatic carbocycles. The molecule has 0 spiro atoms. The maximum Gasteiger partial charge on any atom is 0.225 e. The van der Waals surface area contributed by atoms with Gasteiger partial charge in [-0.05, 0) is 17.7 Å². The molecule has 2 aromatic rings. The smallest absolute Gasteiger partial charge is 0.225 e. The van der Waals surface area contributed by atoms with Gasteiger partial charge in [-0.25, -0.2) is 0 Å². The number of rotatable bonds is 7. The first-order chi connectivity index (χ1) is 11.1. The minimum atomic E-state index is -1.06. The molecule has 0 saturated carbocycles. The molecule has 3 nitrogen and oxygen atoms in total. The summed E-state index contributed by atoms with van der Waals surface area (Å²) in [5.41, 5.74) is 1.65. The second-order valence-electron chi connectivity index (χ2n) is 4.90. The normalized spacial score (nSPS) is 12.2. The second-order valence-corrected chi connectivity index (χ2v) is 6.93. The second kappa shape index (κ2) is 9.28. The van der Waals surface area contributed by atoms with Gasteiger partial charge in [-0.15, -0.1) is 0 Å². The molecule has 0 radical (unpaired) electrons.